The number of hydrogen-bond acceptors (Lipinski definition) is 2. The number of likely N-dealkylation sites (N-methyl/N-ethyl adjacent to an activating group) is 1. The lowest BCUT2D eigenvalue weighted by molar-refractivity contribution is 0.261. The molecular weight excluding hydrogens is 256 g/mol. The van der Waals surface area contributed by atoms with Gasteiger partial charge in [-0.15, -0.1) is 0 Å². The van der Waals surface area contributed by atoms with Crippen LogP contribution in [0.4, 0.5) is 0 Å². The maximum absolute atomic E-state index is 5.94. The van der Waals surface area contributed by atoms with Crippen molar-refractivity contribution in [1.29, 1.82) is 0 Å². The average molecular weight is 269 g/mol. The van der Waals surface area contributed by atoms with Crippen molar-refractivity contribution >= 4 is 34.8 Å². The van der Waals surface area contributed by atoms with Gasteiger partial charge in [-0.2, -0.15) is 0 Å². The summed E-state index contributed by atoms with van der Waals surface area (Å²) in [6.07, 6.45) is 0. The molecule has 0 radical (unpaired) electrons. The van der Waals surface area contributed by atoms with Gasteiger partial charge in [0.05, 0.1) is 10.0 Å². The van der Waals surface area contributed by atoms with Gasteiger partial charge in [0.15, 0.2) is 5.75 Å². The van der Waals surface area contributed by atoms with Crippen LogP contribution in [0, 0.1) is 0 Å². The predicted octanol–water partition coefficient (Wildman–Crippen LogP) is 3.59. The van der Waals surface area contributed by atoms with Crippen molar-refractivity contribution in [2.24, 2.45) is 0 Å². The lowest BCUT2D eigenvalue weighted by atomic mass is 10.3. The fourth-order valence-electron chi connectivity index (χ4n) is 0.997. The van der Waals surface area contributed by atoms with Gasteiger partial charge in [-0.3, -0.25) is 0 Å². The van der Waals surface area contributed by atoms with Crippen LogP contribution >= 0.6 is 34.8 Å². The standard InChI is InChI=1S/C10H12Cl3NO/c1-14(2)3-4-15-10-8(12)5-7(11)6-9(10)13/h5-6H,3-4H2,1-2H3. The second-order valence-corrected chi connectivity index (χ2v) is 4.60. The molecule has 0 saturated carbocycles. The number of hydrogen-bond donors (Lipinski definition) is 0. The monoisotopic (exact) mass is 267 g/mol. The Morgan fingerprint density at radius 3 is 2.13 bits per heavy atom. The highest BCUT2D eigenvalue weighted by atomic mass is 35.5. The molecule has 84 valence electrons. The van der Waals surface area contributed by atoms with Gasteiger partial charge in [0.25, 0.3) is 0 Å². The van der Waals surface area contributed by atoms with Gasteiger partial charge in [-0.25, -0.2) is 0 Å². The van der Waals surface area contributed by atoms with E-state index in [1.807, 2.05) is 19.0 Å². The van der Waals surface area contributed by atoms with E-state index in [-0.39, 0.29) is 0 Å². The lowest BCUT2D eigenvalue weighted by Gasteiger charge is -2.13. The van der Waals surface area contributed by atoms with Crippen LogP contribution in [0.2, 0.25) is 15.1 Å². The summed E-state index contributed by atoms with van der Waals surface area (Å²) in [5.41, 5.74) is 0. The van der Waals surface area contributed by atoms with Crippen molar-refractivity contribution in [2.45, 2.75) is 0 Å². The summed E-state index contributed by atoms with van der Waals surface area (Å²) >= 11 is 17.7. The van der Waals surface area contributed by atoms with Crippen LogP contribution in [-0.4, -0.2) is 32.1 Å². The fourth-order valence-corrected chi connectivity index (χ4v) is 1.92. The third kappa shape index (κ3) is 4.07. The third-order valence-corrected chi connectivity index (χ3v) is 2.53. The van der Waals surface area contributed by atoms with E-state index in [9.17, 15) is 0 Å². The number of rotatable bonds is 4. The molecule has 0 saturated heterocycles. The number of halogens is 3. The highest BCUT2D eigenvalue weighted by molar-refractivity contribution is 6.40. The summed E-state index contributed by atoms with van der Waals surface area (Å²) < 4.78 is 5.47. The largest absolute Gasteiger partial charge is 0.489 e. The first-order chi connectivity index (χ1) is 7.00. The van der Waals surface area contributed by atoms with Crippen molar-refractivity contribution in [3.63, 3.8) is 0 Å². The first-order valence-electron chi connectivity index (χ1n) is 4.43. The number of ether oxygens (including phenoxy) is 1. The molecule has 1 aromatic rings. The molecule has 0 aliphatic heterocycles. The minimum atomic E-state index is 0.436. The first-order valence-corrected chi connectivity index (χ1v) is 5.56. The van der Waals surface area contributed by atoms with Gasteiger partial charge in [0.1, 0.15) is 6.61 Å². The van der Waals surface area contributed by atoms with Gasteiger partial charge in [-0.1, -0.05) is 34.8 Å². The van der Waals surface area contributed by atoms with E-state index in [4.69, 9.17) is 39.5 Å². The minimum Gasteiger partial charge on any atom is -0.489 e. The maximum Gasteiger partial charge on any atom is 0.156 e. The van der Waals surface area contributed by atoms with E-state index < -0.39 is 0 Å². The molecule has 0 aliphatic carbocycles. The van der Waals surface area contributed by atoms with E-state index in [1.165, 1.54) is 0 Å². The second-order valence-electron chi connectivity index (χ2n) is 3.35. The fraction of sp³-hybridized carbons (Fsp3) is 0.400. The van der Waals surface area contributed by atoms with Crippen molar-refractivity contribution in [3.8, 4) is 5.75 Å². The molecule has 0 heterocycles. The Morgan fingerprint density at radius 2 is 1.67 bits per heavy atom. The highest BCUT2D eigenvalue weighted by Gasteiger charge is 2.08. The zero-order valence-electron chi connectivity index (χ0n) is 8.56. The quantitative estimate of drug-likeness (QED) is 0.827. The molecule has 1 aromatic carbocycles. The summed E-state index contributed by atoms with van der Waals surface area (Å²) in [6, 6.07) is 3.22. The van der Waals surface area contributed by atoms with E-state index in [0.29, 0.717) is 27.4 Å². The van der Waals surface area contributed by atoms with Crippen LogP contribution in [0.1, 0.15) is 0 Å². The SMILES string of the molecule is CN(C)CCOc1c(Cl)cc(Cl)cc1Cl. The smallest absolute Gasteiger partial charge is 0.156 e. The van der Waals surface area contributed by atoms with E-state index in [1.54, 1.807) is 12.1 Å². The lowest BCUT2D eigenvalue weighted by Crippen LogP contribution is -2.19. The number of nitrogens with zero attached hydrogens (tertiary/aromatic N) is 1. The average Bonchev–Trinajstić information content (AvgIpc) is 2.08. The second kappa shape index (κ2) is 5.80. The van der Waals surface area contributed by atoms with E-state index >= 15 is 0 Å². The molecule has 0 amide bonds. The third-order valence-electron chi connectivity index (χ3n) is 1.75. The molecule has 0 N–H and O–H groups in total. The minimum absolute atomic E-state index is 0.436. The topological polar surface area (TPSA) is 12.5 Å². The molecular formula is C10H12Cl3NO. The molecule has 0 atom stereocenters. The van der Waals surface area contributed by atoms with Crippen LogP contribution in [0.25, 0.3) is 0 Å². The van der Waals surface area contributed by atoms with E-state index in [2.05, 4.69) is 0 Å². The highest BCUT2D eigenvalue weighted by Crippen LogP contribution is 2.35. The number of benzene rings is 1. The Labute approximate surface area is 105 Å². The van der Waals surface area contributed by atoms with Crippen LogP contribution in [0.5, 0.6) is 5.75 Å². The van der Waals surface area contributed by atoms with Crippen LogP contribution in [-0.2, 0) is 0 Å². The van der Waals surface area contributed by atoms with Gasteiger partial charge < -0.3 is 9.64 Å². The molecule has 0 spiro atoms. The van der Waals surface area contributed by atoms with E-state index in [0.717, 1.165) is 6.54 Å². The molecule has 1 rings (SSSR count). The van der Waals surface area contributed by atoms with Gasteiger partial charge in [0, 0.05) is 11.6 Å². The molecule has 2 nitrogen and oxygen atoms in total. The molecule has 0 unspecified atom stereocenters. The van der Waals surface area contributed by atoms with Crippen LogP contribution < -0.4 is 4.74 Å². The molecule has 15 heavy (non-hydrogen) atoms. The Balaban J connectivity index is 2.68. The first kappa shape index (κ1) is 12.9. The van der Waals surface area contributed by atoms with Crippen LogP contribution in [0.3, 0.4) is 0 Å². The maximum atomic E-state index is 5.94. The summed E-state index contributed by atoms with van der Waals surface area (Å²) in [5, 5.41) is 1.38. The molecule has 0 fully saturated rings. The summed E-state index contributed by atoms with van der Waals surface area (Å²) in [5.74, 6) is 0.490. The van der Waals surface area contributed by atoms with Crippen molar-refractivity contribution < 1.29 is 4.74 Å². The van der Waals surface area contributed by atoms with Gasteiger partial charge >= 0.3 is 0 Å². The van der Waals surface area contributed by atoms with Crippen molar-refractivity contribution in [3.05, 3.63) is 27.2 Å². The predicted molar refractivity (Wildman–Crippen MR) is 65.5 cm³/mol. The molecule has 0 aromatic heterocycles. The Kier molecular flexibility index (Phi) is 5.00. The zero-order chi connectivity index (χ0) is 11.4. The van der Waals surface area contributed by atoms with Crippen LogP contribution in [0.15, 0.2) is 12.1 Å². The summed E-state index contributed by atoms with van der Waals surface area (Å²) in [4.78, 5) is 2.01. The Morgan fingerprint density at radius 1 is 1.13 bits per heavy atom. The van der Waals surface area contributed by atoms with Crippen molar-refractivity contribution in [1.82, 2.24) is 4.90 Å². The summed E-state index contributed by atoms with van der Waals surface area (Å²) in [7, 11) is 3.93. The van der Waals surface area contributed by atoms with Gasteiger partial charge in [0.2, 0.25) is 0 Å². The van der Waals surface area contributed by atoms with Gasteiger partial charge in [-0.05, 0) is 26.2 Å². The molecule has 5 heteroatoms. The Bertz CT molecular complexity index is 318. The summed E-state index contributed by atoms with van der Waals surface area (Å²) in [6.45, 7) is 1.34. The van der Waals surface area contributed by atoms with Crippen molar-refractivity contribution in [2.75, 3.05) is 27.2 Å². The normalized spacial score (nSPS) is 10.8. The zero-order valence-corrected chi connectivity index (χ0v) is 10.8. The Hall–Kier alpha value is -0.150. The molecule has 0 bridgehead atoms. The molecule has 0 aliphatic rings.